The number of fused-ring (bicyclic) bond motifs is 1. The van der Waals surface area contributed by atoms with E-state index in [2.05, 4.69) is 34.1 Å². The fourth-order valence-corrected chi connectivity index (χ4v) is 3.63. The zero-order valence-corrected chi connectivity index (χ0v) is 12.7. The molecule has 4 rings (SSSR count). The third kappa shape index (κ3) is 2.25. The van der Waals surface area contributed by atoms with Crippen molar-refractivity contribution in [1.82, 2.24) is 9.88 Å². The lowest BCUT2D eigenvalue weighted by molar-refractivity contribution is -0.139. The zero-order valence-electron chi connectivity index (χ0n) is 12.7. The van der Waals surface area contributed by atoms with Gasteiger partial charge >= 0.3 is 0 Å². The lowest BCUT2D eigenvalue weighted by Crippen LogP contribution is -2.53. The van der Waals surface area contributed by atoms with Crippen molar-refractivity contribution in [3.8, 4) is 0 Å². The van der Waals surface area contributed by atoms with Crippen molar-refractivity contribution in [1.29, 1.82) is 0 Å². The van der Waals surface area contributed by atoms with Gasteiger partial charge in [-0.15, -0.1) is 0 Å². The van der Waals surface area contributed by atoms with Gasteiger partial charge in [0.15, 0.2) is 0 Å². The first kappa shape index (κ1) is 13.6. The van der Waals surface area contributed by atoms with E-state index in [0.29, 0.717) is 5.91 Å². The van der Waals surface area contributed by atoms with Gasteiger partial charge in [0.2, 0.25) is 5.91 Å². The van der Waals surface area contributed by atoms with Gasteiger partial charge < -0.3 is 20.5 Å². The van der Waals surface area contributed by atoms with Crippen molar-refractivity contribution in [2.24, 2.45) is 11.7 Å². The number of carbonyl (C=O) groups is 1. The number of nitrogens with zero attached hydrogens (tertiary/aromatic N) is 2. The molecule has 116 valence electrons. The van der Waals surface area contributed by atoms with Crippen LogP contribution in [0.4, 0.5) is 5.69 Å². The molecule has 5 heteroatoms. The van der Waals surface area contributed by atoms with Gasteiger partial charge in [0, 0.05) is 60.9 Å². The molecule has 1 aromatic heterocycles. The predicted octanol–water partition coefficient (Wildman–Crippen LogP) is 1.55. The summed E-state index contributed by atoms with van der Waals surface area (Å²) in [6, 6.07) is 8.71. The number of hydrogen-bond acceptors (Lipinski definition) is 3. The van der Waals surface area contributed by atoms with Crippen molar-refractivity contribution in [3.63, 3.8) is 0 Å². The zero-order chi connectivity index (χ0) is 15.1. The first-order chi connectivity index (χ1) is 10.7. The summed E-state index contributed by atoms with van der Waals surface area (Å²) in [5.41, 5.74) is 8.22. The van der Waals surface area contributed by atoms with Crippen LogP contribution < -0.4 is 10.6 Å². The lowest BCUT2D eigenvalue weighted by atomic mass is 9.80. The summed E-state index contributed by atoms with van der Waals surface area (Å²) in [5.74, 6) is 0.482. The van der Waals surface area contributed by atoms with E-state index in [4.69, 9.17) is 5.73 Å². The molecule has 5 nitrogen and oxygen atoms in total. The van der Waals surface area contributed by atoms with Gasteiger partial charge in [-0.25, -0.2) is 0 Å². The van der Waals surface area contributed by atoms with Crippen LogP contribution in [0.25, 0.3) is 10.9 Å². The topological polar surface area (TPSA) is 65.4 Å². The molecule has 2 fully saturated rings. The average Bonchev–Trinajstić information content (AvgIpc) is 3.00. The highest BCUT2D eigenvalue weighted by atomic mass is 16.2. The minimum atomic E-state index is 0.176. The molecule has 0 spiro atoms. The predicted molar refractivity (Wildman–Crippen MR) is 87.8 cm³/mol. The SMILES string of the molecule is NC1CC(C(=O)N2CCN(c3cccc4[nH]ccc34)CC2)C1. The fraction of sp³-hybridized carbons (Fsp3) is 0.471. The minimum absolute atomic E-state index is 0.176. The Balaban J connectivity index is 1.43. The molecule has 22 heavy (non-hydrogen) atoms. The van der Waals surface area contributed by atoms with Crippen LogP contribution in [-0.2, 0) is 4.79 Å². The van der Waals surface area contributed by atoms with Crippen molar-refractivity contribution in [3.05, 3.63) is 30.5 Å². The second-order valence-corrected chi connectivity index (χ2v) is 6.46. The van der Waals surface area contributed by atoms with Crippen LogP contribution in [0.15, 0.2) is 30.5 Å². The highest BCUT2D eigenvalue weighted by Gasteiger charge is 2.35. The summed E-state index contributed by atoms with van der Waals surface area (Å²) in [4.78, 5) is 20.0. The molecule has 1 aliphatic carbocycles. The number of nitrogens with one attached hydrogen (secondary N) is 1. The lowest BCUT2D eigenvalue weighted by Gasteiger charge is -2.40. The highest BCUT2D eigenvalue weighted by molar-refractivity contribution is 5.92. The van der Waals surface area contributed by atoms with Crippen LogP contribution in [0.1, 0.15) is 12.8 Å². The second-order valence-electron chi connectivity index (χ2n) is 6.46. The molecule has 1 saturated heterocycles. The van der Waals surface area contributed by atoms with Crippen LogP contribution in [0.2, 0.25) is 0 Å². The van der Waals surface area contributed by atoms with Crippen LogP contribution in [0.5, 0.6) is 0 Å². The number of aromatic nitrogens is 1. The summed E-state index contributed by atoms with van der Waals surface area (Å²) in [5, 5.41) is 1.26. The standard InChI is InChI=1S/C17H22N4O/c18-13-10-12(11-13)17(22)21-8-6-20(7-9-21)16-3-1-2-15-14(16)4-5-19-15/h1-5,12-13,19H,6-11,18H2. The molecule has 2 aliphatic rings. The first-order valence-corrected chi connectivity index (χ1v) is 8.08. The van der Waals surface area contributed by atoms with Crippen molar-refractivity contribution >= 4 is 22.5 Å². The van der Waals surface area contributed by atoms with E-state index in [-0.39, 0.29) is 12.0 Å². The van der Waals surface area contributed by atoms with Crippen molar-refractivity contribution < 1.29 is 4.79 Å². The number of rotatable bonds is 2. The van der Waals surface area contributed by atoms with Crippen molar-refractivity contribution in [2.45, 2.75) is 18.9 Å². The Bertz CT molecular complexity index is 681. The van der Waals surface area contributed by atoms with E-state index >= 15 is 0 Å². The van der Waals surface area contributed by atoms with E-state index in [9.17, 15) is 4.79 Å². The largest absolute Gasteiger partial charge is 0.367 e. The van der Waals surface area contributed by atoms with Gasteiger partial charge in [0.1, 0.15) is 0 Å². The summed E-state index contributed by atoms with van der Waals surface area (Å²) in [6.45, 7) is 3.42. The third-order valence-electron chi connectivity index (χ3n) is 5.03. The van der Waals surface area contributed by atoms with Crippen LogP contribution >= 0.6 is 0 Å². The molecule has 3 N–H and O–H groups in total. The summed E-state index contributed by atoms with van der Waals surface area (Å²) in [6.07, 6.45) is 3.71. The Kier molecular flexibility index (Phi) is 3.30. The molecular weight excluding hydrogens is 276 g/mol. The second kappa shape index (κ2) is 5.32. The van der Waals surface area contributed by atoms with Gasteiger partial charge in [-0.1, -0.05) is 6.07 Å². The summed E-state index contributed by atoms with van der Waals surface area (Å²) < 4.78 is 0. The molecule has 1 aliphatic heterocycles. The summed E-state index contributed by atoms with van der Waals surface area (Å²) in [7, 11) is 0. The summed E-state index contributed by atoms with van der Waals surface area (Å²) >= 11 is 0. The maximum atomic E-state index is 12.4. The number of anilines is 1. The number of hydrogen-bond donors (Lipinski definition) is 2. The molecule has 1 saturated carbocycles. The number of piperazine rings is 1. The number of carbonyl (C=O) groups excluding carboxylic acids is 1. The monoisotopic (exact) mass is 298 g/mol. The van der Waals surface area contributed by atoms with Gasteiger partial charge in [-0.3, -0.25) is 4.79 Å². The average molecular weight is 298 g/mol. The number of nitrogens with two attached hydrogens (primary N) is 1. The molecule has 0 unspecified atom stereocenters. The first-order valence-electron chi connectivity index (χ1n) is 8.08. The minimum Gasteiger partial charge on any atom is -0.367 e. The molecule has 0 bridgehead atoms. The van der Waals surface area contributed by atoms with Gasteiger partial charge in [-0.2, -0.15) is 0 Å². The number of H-pyrrole nitrogens is 1. The molecule has 0 radical (unpaired) electrons. The quantitative estimate of drug-likeness (QED) is 0.884. The van der Waals surface area contributed by atoms with Gasteiger partial charge in [0.05, 0.1) is 0 Å². The molecular formula is C17H22N4O. The van der Waals surface area contributed by atoms with Crippen LogP contribution in [-0.4, -0.2) is 48.0 Å². The Morgan fingerprint density at radius 2 is 1.91 bits per heavy atom. The Morgan fingerprint density at radius 3 is 2.64 bits per heavy atom. The molecule has 0 atom stereocenters. The smallest absolute Gasteiger partial charge is 0.225 e. The van der Waals surface area contributed by atoms with Gasteiger partial charge in [0.25, 0.3) is 0 Å². The fourth-order valence-electron chi connectivity index (χ4n) is 3.63. The van der Waals surface area contributed by atoms with E-state index < -0.39 is 0 Å². The molecule has 2 aromatic rings. The molecule has 1 aromatic carbocycles. The normalized spacial score (nSPS) is 25.3. The molecule has 1 amide bonds. The van der Waals surface area contributed by atoms with E-state index in [1.54, 1.807) is 0 Å². The number of benzene rings is 1. The Hall–Kier alpha value is -2.01. The maximum Gasteiger partial charge on any atom is 0.225 e. The van der Waals surface area contributed by atoms with E-state index in [1.807, 2.05) is 11.1 Å². The van der Waals surface area contributed by atoms with Crippen LogP contribution in [0.3, 0.4) is 0 Å². The van der Waals surface area contributed by atoms with E-state index in [1.165, 1.54) is 16.6 Å². The molecule has 2 heterocycles. The Morgan fingerprint density at radius 1 is 1.14 bits per heavy atom. The number of amides is 1. The van der Waals surface area contributed by atoms with E-state index in [0.717, 1.165) is 39.0 Å². The highest BCUT2D eigenvalue weighted by Crippen LogP contribution is 2.30. The van der Waals surface area contributed by atoms with Crippen LogP contribution in [0, 0.1) is 5.92 Å². The van der Waals surface area contributed by atoms with Crippen molar-refractivity contribution in [2.75, 3.05) is 31.1 Å². The maximum absolute atomic E-state index is 12.4. The third-order valence-corrected chi connectivity index (χ3v) is 5.03. The van der Waals surface area contributed by atoms with Gasteiger partial charge in [-0.05, 0) is 31.0 Å². The Labute approximate surface area is 130 Å². The number of aromatic amines is 1.